The molecule has 3 rings (SSSR count). The van der Waals surface area contributed by atoms with Crippen molar-refractivity contribution in [1.29, 1.82) is 0 Å². The maximum Gasteiger partial charge on any atom is 0.317 e. The van der Waals surface area contributed by atoms with Crippen molar-refractivity contribution < 1.29 is 14.6 Å². The highest BCUT2D eigenvalue weighted by Crippen LogP contribution is 2.20. The van der Waals surface area contributed by atoms with Gasteiger partial charge in [0.1, 0.15) is 0 Å². The van der Waals surface area contributed by atoms with Crippen LogP contribution in [0, 0.1) is 5.21 Å². The second kappa shape index (κ2) is 6.46. The van der Waals surface area contributed by atoms with Gasteiger partial charge in [-0.15, -0.1) is 0 Å². The van der Waals surface area contributed by atoms with E-state index in [0.717, 1.165) is 10.8 Å². The molecule has 5 heteroatoms. The predicted molar refractivity (Wildman–Crippen MR) is 86.6 cm³/mol. The Hall–Kier alpha value is -2.92. The number of rotatable bonds is 4. The summed E-state index contributed by atoms with van der Waals surface area (Å²) in [7, 11) is 0. The number of carbonyl (C=O) groups is 1. The van der Waals surface area contributed by atoms with Crippen molar-refractivity contribution in [3.8, 4) is 0 Å². The Morgan fingerprint density at radius 1 is 1.09 bits per heavy atom. The van der Waals surface area contributed by atoms with Crippen LogP contribution in [0.1, 0.15) is 22.2 Å². The van der Waals surface area contributed by atoms with E-state index in [0.29, 0.717) is 10.3 Å². The molecular formula is C18H16N2O3. The average Bonchev–Trinajstić information content (AvgIpc) is 2.59. The Labute approximate surface area is 133 Å². The molecule has 1 unspecified atom stereocenters. The number of fused-ring (bicyclic) bond motifs is 1. The third-order valence-electron chi connectivity index (χ3n) is 3.67. The minimum Gasteiger partial charge on any atom is -0.618 e. The molecule has 23 heavy (non-hydrogen) atoms. The van der Waals surface area contributed by atoms with Crippen molar-refractivity contribution in [2.24, 2.45) is 0 Å². The summed E-state index contributed by atoms with van der Waals surface area (Å²) >= 11 is 0. The molecule has 116 valence electrons. The molecule has 0 saturated carbocycles. The first-order valence-electron chi connectivity index (χ1n) is 7.28. The highest BCUT2D eigenvalue weighted by Gasteiger charge is 2.16. The molecule has 0 aliphatic heterocycles. The van der Waals surface area contributed by atoms with Crippen LogP contribution in [0.5, 0.6) is 0 Å². The number of aromatic nitrogens is 1. The van der Waals surface area contributed by atoms with Gasteiger partial charge in [0.25, 0.3) is 5.69 Å². The number of carbonyl (C=O) groups excluding carboxylic acids is 1. The zero-order chi connectivity index (χ0) is 16.2. The van der Waals surface area contributed by atoms with Gasteiger partial charge in [0.2, 0.25) is 0 Å². The first kappa shape index (κ1) is 15.0. The largest absolute Gasteiger partial charge is 0.618 e. The Bertz CT molecular complexity index is 848. The van der Waals surface area contributed by atoms with Gasteiger partial charge in [-0.2, -0.15) is 4.73 Å². The molecule has 0 fully saturated rings. The van der Waals surface area contributed by atoms with E-state index in [1.807, 2.05) is 42.5 Å². The molecule has 1 atom stereocenters. The van der Waals surface area contributed by atoms with Crippen molar-refractivity contribution in [2.75, 3.05) is 6.54 Å². The molecule has 2 aromatic carbocycles. The van der Waals surface area contributed by atoms with Crippen molar-refractivity contribution in [1.82, 2.24) is 5.32 Å². The first-order valence-corrected chi connectivity index (χ1v) is 7.28. The number of pyridine rings is 1. The molecule has 1 amide bonds. The average molecular weight is 308 g/mol. The topological polar surface area (TPSA) is 76.3 Å². The van der Waals surface area contributed by atoms with Crippen LogP contribution in [0.2, 0.25) is 0 Å². The summed E-state index contributed by atoms with van der Waals surface area (Å²) in [5.74, 6) is -0.513. The molecule has 0 aliphatic carbocycles. The Kier molecular flexibility index (Phi) is 4.21. The normalized spacial score (nSPS) is 12.0. The fourth-order valence-corrected chi connectivity index (χ4v) is 2.42. The highest BCUT2D eigenvalue weighted by atomic mass is 16.5. The number of aliphatic hydroxyl groups is 1. The summed E-state index contributed by atoms with van der Waals surface area (Å²) in [5, 5.41) is 26.4. The summed E-state index contributed by atoms with van der Waals surface area (Å²) in [4.78, 5) is 12.0. The Balaban J connectivity index is 1.70. The molecule has 0 aliphatic rings. The fraction of sp³-hybridized carbons (Fsp3) is 0.111. The van der Waals surface area contributed by atoms with E-state index in [2.05, 4.69) is 5.32 Å². The van der Waals surface area contributed by atoms with Gasteiger partial charge in [-0.05, 0) is 28.5 Å². The van der Waals surface area contributed by atoms with E-state index in [4.69, 9.17) is 0 Å². The second-order valence-electron chi connectivity index (χ2n) is 5.24. The molecule has 0 bridgehead atoms. The third-order valence-corrected chi connectivity index (χ3v) is 3.67. The lowest BCUT2D eigenvalue weighted by Crippen LogP contribution is -2.40. The number of nitrogens with zero attached hydrogens (tertiary/aromatic N) is 1. The van der Waals surface area contributed by atoms with Gasteiger partial charge >= 0.3 is 5.91 Å². The first-order chi connectivity index (χ1) is 11.1. The van der Waals surface area contributed by atoms with E-state index in [-0.39, 0.29) is 12.2 Å². The summed E-state index contributed by atoms with van der Waals surface area (Å²) < 4.78 is 0.498. The van der Waals surface area contributed by atoms with Gasteiger partial charge in [-0.1, -0.05) is 36.4 Å². The van der Waals surface area contributed by atoms with E-state index in [9.17, 15) is 15.1 Å². The number of hydrogen-bond donors (Lipinski definition) is 2. The number of nitrogens with one attached hydrogen (secondary N) is 1. The minimum atomic E-state index is -0.840. The van der Waals surface area contributed by atoms with E-state index >= 15 is 0 Å². The van der Waals surface area contributed by atoms with Crippen LogP contribution < -0.4 is 10.0 Å². The number of aliphatic hydroxyl groups excluding tert-OH is 1. The zero-order valence-corrected chi connectivity index (χ0v) is 12.3. The summed E-state index contributed by atoms with van der Waals surface area (Å²) in [6.45, 7) is 0.0338. The molecule has 1 heterocycles. The van der Waals surface area contributed by atoms with E-state index < -0.39 is 12.0 Å². The maximum absolute atomic E-state index is 12.0. The van der Waals surface area contributed by atoms with E-state index in [1.165, 1.54) is 12.3 Å². The van der Waals surface area contributed by atoms with Crippen LogP contribution in [0.4, 0.5) is 0 Å². The maximum atomic E-state index is 12.0. The van der Waals surface area contributed by atoms with Crippen molar-refractivity contribution in [3.63, 3.8) is 0 Å². The van der Waals surface area contributed by atoms with Crippen molar-refractivity contribution in [2.45, 2.75) is 6.10 Å². The summed E-state index contributed by atoms with van der Waals surface area (Å²) in [5.41, 5.74) is 0.713. The van der Waals surface area contributed by atoms with Gasteiger partial charge in [-0.25, -0.2) is 0 Å². The molecule has 0 radical (unpaired) electrons. The van der Waals surface area contributed by atoms with Gasteiger partial charge < -0.3 is 15.6 Å². The highest BCUT2D eigenvalue weighted by molar-refractivity contribution is 5.90. The van der Waals surface area contributed by atoms with Crippen molar-refractivity contribution in [3.05, 3.63) is 83.3 Å². The second-order valence-corrected chi connectivity index (χ2v) is 5.24. The van der Waals surface area contributed by atoms with Crippen LogP contribution >= 0.6 is 0 Å². The van der Waals surface area contributed by atoms with Crippen LogP contribution in [-0.2, 0) is 0 Å². The van der Waals surface area contributed by atoms with Crippen LogP contribution in [0.25, 0.3) is 10.8 Å². The quantitative estimate of drug-likeness (QED) is 0.571. The van der Waals surface area contributed by atoms with Crippen LogP contribution in [0.3, 0.4) is 0 Å². The zero-order valence-electron chi connectivity index (χ0n) is 12.3. The molecule has 1 aromatic heterocycles. The molecular weight excluding hydrogens is 292 g/mol. The van der Waals surface area contributed by atoms with Gasteiger partial charge in [0.05, 0.1) is 6.10 Å². The molecule has 0 spiro atoms. The van der Waals surface area contributed by atoms with Gasteiger partial charge in [0, 0.05) is 18.7 Å². The lowest BCUT2D eigenvalue weighted by Gasteiger charge is -2.13. The molecule has 5 nitrogen and oxygen atoms in total. The lowest BCUT2D eigenvalue weighted by molar-refractivity contribution is -0.607. The van der Waals surface area contributed by atoms with Gasteiger partial charge in [0.15, 0.2) is 6.20 Å². The van der Waals surface area contributed by atoms with Gasteiger partial charge in [-0.3, -0.25) is 4.79 Å². The third kappa shape index (κ3) is 3.30. The monoisotopic (exact) mass is 308 g/mol. The van der Waals surface area contributed by atoms with Crippen LogP contribution in [0.15, 0.2) is 66.9 Å². The molecule has 0 saturated heterocycles. The summed E-state index contributed by atoms with van der Waals surface area (Å²) in [6, 6.07) is 18.1. The Morgan fingerprint density at radius 2 is 1.83 bits per heavy atom. The fourth-order valence-electron chi connectivity index (χ4n) is 2.42. The SMILES string of the molecule is O=C(NCC(O)c1ccc2ccccc2c1)c1cccc[n+]1[O-]. The predicted octanol–water partition coefficient (Wildman–Crippen LogP) is 1.94. The standard InChI is InChI=1S/C18H16N2O3/c21-17(12-19-18(22)16-7-3-4-10-20(16)23)15-9-8-13-5-1-2-6-14(13)11-15/h1-11,17,21H,12H2,(H,19,22). The van der Waals surface area contributed by atoms with E-state index in [1.54, 1.807) is 12.1 Å². The number of benzene rings is 2. The number of amides is 1. The van der Waals surface area contributed by atoms with Crippen molar-refractivity contribution >= 4 is 16.7 Å². The lowest BCUT2D eigenvalue weighted by atomic mass is 10.0. The minimum absolute atomic E-state index is 0.00166. The Morgan fingerprint density at radius 3 is 2.61 bits per heavy atom. The molecule has 2 N–H and O–H groups in total. The smallest absolute Gasteiger partial charge is 0.317 e. The van der Waals surface area contributed by atoms with Crippen LogP contribution in [-0.4, -0.2) is 17.6 Å². The number of hydrogen-bond acceptors (Lipinski definition) is 3. The summed E-state index contributed by atoms with van der Waals surface area (Å²) in [6.07, 6.45) is 0.418. The molecule has 3 aromatic rings.